The summed E-state index contributed by atoms with van der Waals surface area (Å²) >= 11 is 0. The zero-order valence-electron chi connectivity index (χ0n) is 10.5. The summed E-state index contributed by atoms with van der Waals surface area (Å²) in [5, 5.41) is 12.1. The lowest BCUT2D eigenvalue weighted by Crippen LogP contribution is -2.15. The van der Waals surface area contributed by atoms with Crippen LogP contribution >= 0.6 is 0 Å². The Hall–Kier alpha value is -2.36. The molecule has 2 rings (SSSR count). The normalized spacial score (nSPS) is 10.2. The van der Waals surface area contributed by atoms with Gasteiger partial charge in [-0.15, -0.1) is 0 Å². The number of carbonyl (C=O) groups is 1. The predicted molar refractivity (Wildman–Crippen MR) is 71.6 cm³/mol. The number of aromatic hydroxyl groups is 1. The highest BCUT2D eigenvalue weighted by Crippen LogP contribution is 2.19. The zero-order chi connectivity index (χ0) is 13.8. The molecule has 0 atom stereocenters. The number of hydrogen-bond donors (Lipinski definition) is 2. The van der Waals surface area contributed by atoms with Gasteiger partial charge in [-0.3, -0.25) is 4.79 Å². The second kappa shape index (κ2) is 5.52. The van der Waals surface area contributed by atoms with Crippen LogP contribution in [0.5, 0.6) is 5.75 Å². The summed E-state index contributed by atoms with van der Waals surface area (Å²) in [7, 11) is 0. The first-order chi connectivity index (χ1) is 9.06. The molecule has 0 bridgehead atoms. The number of aryl methyl sites for hydroxylation is 1. The van der Waals surface area contributed by atoms with E-state index in [4.69, 9.17) is 0 Å². The molecule has 2 aromatic carbocycles. The SMILES string of the molecule is Cc1ccc(F)c(NC(=O)Cc2ccccc2O)c1. The van der Waals surface area contributed by atoms with E-state index in [1.165, 1.54) is 12.1 Å². The van der Waals surface area contributed by atoms with Gasteiger partial charge in [-0.05, 0) is 30.7 Å². The van der Waals surface area contributed by atoms with Gasteiger partial charge >= 0.3 is 0 Å². The number of phenolic OH excluding ortho intramolecular Hbond substituents is 1. The van der Waals surface area contributed by atoms with Crippen molar-refractivity contribution in [2.24, 2.45) is 0 Å². The van der Waals surface area contributed by atoms with Crippen molar-refractivity contribution < 1.29 is 14.3 Å². The van der Waals surface area contributed by atoms with Crippen LogP contribution in [-0.4, -0.2) is 11.0 Å². The van der Waals surface area contributed by atoms with Crippen LogP contribution < -0.4 is 5.32 Å². The van der Waals surface area contributed by atoms with E-state index in [2.05, 4.69) is 5.32 Å². The molecule has 0 saturated carbocycles. The van der Waals surface area contributed by atoms with E-state index in [0.29, 0.717) is 5.56 Å². The van der Waals surface area contributed by atoms with Crippen molar-refractivity contribution in [3.8, 4) is 5.75 Å². The minimum atomic E-state index is -0.476. The summed E-state index contributed by atoms with van der Waals surface area (Å²) in [6, 6.07) is 11.1. The number of hydrogen-bond acceptors (Lipinski definition) is 2. The summed E-state index contributed by atoms with van der Waals surface area (Å²) < 4.78 is 13.5. The van der Waals surface area contributed by atoms with Crippen LogP contribution in [0.4, 0.5) is 10.1 Å². The summed E-state index contributed by atoms with van der Waals surface area (Å²) in [5.41, 5.74) is 1.52. The standard InChI is InChI=1S/C15H14FNO2/c1-10-6-7-12(16)13(8-10)17-15(19)9-11-4-2-3-5-14(11)18/h2-8,18H,9H2,1H3,(H,17,19). The average molecular weight is 259 g/mol. The second-order valence-electron chi connectivity index (χ2n) is 4.34. The lowest BCUT2D eigenvalue weighted by molar-refractivity contribution is -0.115. The molecule has 3 nitrogen and oxygen atoms in total. The van der Waals surface area contributed by atoms with Gasteiger partial charge in [0, 0.05) is 5.56 Å². The first-order valence-electron chi connectivity index (χ1n) is 5.89. The first-order valence-corrected chi connectivity index (χ1v) is 5.89. The van der Waals surface area contributed by atoms with Gasteiger partial charge in [0.15, 0.2) is 0 Å². The smallest absolute Gasteiger partial charge is 0.229 e. The molecule has 0 spiro atoms. The van der Waals surface area contributed by atoms with Gasteiger partial charge in [0.2, 0.25) is 5.91 Å². The minimum absolute atomic E-state index is 0.0000548. The Kier molecular flexibility index (Phi) is 3.80. The highest BCUT2D eigenvalue weighted by atomic mass is 19.1. The maximum absolute atomic E-state index is 13.5. The molecule has 0 aromatic heterocycles. The van der Waals surface area contributed by atoms with Crippen LogP contribution in [0.2, 0.25) is 0 Å². The number of phenols is 1. The van der Waals surface area contributed by atoms with E-state index in [1.807, 2.05) is 6.92 Å². The van der Waals surface area contributed by atoms with E-state index in [-0.39, 0.29) is 23.8 Å². The Labute approximate surface area is 110 Å². The van der Waals surface area contributed by atoms with Crippen LogP contribution in [0.25, 0.3) is 0 Å². The molecule has 0 heterocycles. The maximum atomic E-state index is 13.5. The average Bonchev–Trinajstić information content (AvgIpc) is 2.37. The molecule has 0 aliphatic rings. The van der Waals surface area contributed by atoms with Crippen molar-refractivity contribution in [2.45, 2.75) is 13.3 Å². The van der Waals surface area contributed by atoms with Crippen molar-refractivity contribution in [3.05, 3.63) is 59.4 Å². The number of para-hydroxylation sites is 1. The Bertz CT molecular complexity index is 611. The summed E-state index contributed by atoms with van der Waals surface area (Å²) in [5.74, 6) is -0.787. The van der Waals surface area contributed by atoms with Crippen LogP contribution in [0, 0.1) is 12.7 Å². The fraction of sp³-hybridized carbons (Fsp3) is 0.133. The van der Waals surface area contributed by atoms with Gasteiger partial charge in [0.05, 0.1) is 12.1 Å². The Morgan fingerprint density at radius 1 is 1.26 bits per heavy atom. The number of carbonyl (C=O) groups excluding carboxylic acids is 1. The van der Waals surface area contributed by atoms with Crippen molar-refractivity contribution in [2.75, 3.05) is 5.32 Å². The predicted octanol–water partition coefficient (Wildman–Crippen LogP) is 3.02. The Morgan fingerprint density at radius 3 is 2.74 bits per heavy atom. The van der Waals surface area contributed by atoms with Gasteiger partial charge in [0.1, 0.15) is 11.6 Å². The van der Waals surface area contributed by atoms with E-state index in [0.717, 1.165) is 5.56 Å². The molecule has 19 heavy (non-hydrogen) atoms. The van der Waals surface area contributed by atoms with Crippen LogP contribution in [0.15, 0.2) is 42.5 Å². The maximum Gasteiger partial charge on any atom is 0.229 e. The van der Waals surface area contributed by atoms with E-state index in [1.54, 1.807) is 30.3 Å². The lowest BCUT2D eigenvalue weighted by atomic mass is 10.1. The minimum Gasteiger partial charge on any atom is -0.508 e. The molecular formula is C15H14FNO2. The summed E-state index contributed by atoms with van der Waals surface area (Å²) in [6.07, 6.45) is 0.0000548. The van der Waals surface area contributed by atoms with E-state index < -0.39 is 5.82 Å². The third-order valence-electron chi connectivity index (χ3n) is 2.74. The molecular weight excluding hydrogens is 245 g/mol. The summed E-state index contributed by atoms with van der Waals surface area (Å²) in [4.78, 5) is 11.8. The third-order valence-corrected chi connectivity index (χ3v) is 2.74. The fourth-order valence-electron chi connectivity index (χ4n) is 1.76. The highest BCUT2D eigenvalue weighted by Gasteiger charge is 2.10. The molecule has 0 saturated heterocycles. The van der Waals surface area contributed by atoms with Crippen molar-refractivity contribution in [3.63, 3.8) is 0 Å². The molecule has 2 N–H and O–H groups in total. The number of nitrogens with one attached hydrogen (secondary N) is 1. The fourth-order valence-corrected chi connectivity index (χ4v) is 1.76. The van der Waals surface area contributed by atoms with Gasteiger partial charge in [-0.1, -0.05) is 24.3 Å². The molecule has 2 aromatic rings. The highest BCUT2D eigenvalue weighted by molar-refractivity contribution is 5.92. The van der Waals surface area contributed by atoms with Crippen LogP contribution in [-0.2, 0) is 11.2 Å². The van der Waals surface area contributed by atoms with Crippen LogP contribution in [0.3, 0.4) is 0 Å². The number of anilines is 1. The lowest BCUT2D eigenvalue weighted by Gasteiger charge is -2.08. The number of benzene rings is 2. The Morgan fingerprint density at radius 2 is 2.00 bits per heavy atom. The molecule has 0 radical (unpaired) electrons. The monoisotopic (exact) mass is 259 g/mol. The topological polar surface area (TPSA) is 49.3 Å². The molecule has 1 amide bonds. The first kappa shape index (κ1) is 13.1. The molecule has 0 fully saturated rings. The molecule has 4 heteroatoms. The number of amides is 1. The van der Waals surface area contributed by atoms with E-state index >= 15 is 0 Å². The largest absolute Gasteiger partial charge is 0.508 e. The van der Waals surface area contributed by atoms with Crippen molar-refractivity contribution in [1.29, 1.82) is 0 Å². The molecule has 0 unspecified atom stereocenters. The van der Waals surface area contributed by atoms with Crippen molar-refractivity contribution >= 4 is 11.6 Å². The Balaban J connectivity index is 2.10. The summed E-state index contributed by atoms with van der Waals surface area (Å²) in [6.45, 7) is 1.82. The van der Waals surface area contributed by atoms with Gasteiger partial charge in [-0.2, -0.15) is 0 Å². The van der Waals surface area contributed by atoms with Crippen molar-refractivity contribution in [1.82, 2.24) is 0 Å². The number of rotatable bonds is 3. The van der Waals surface area contributed by atoms with E-state index in [9.17, 15) is 14.3 Å². The van der Waals surface area contributed by atoms with Crippen LogP contribution in [0.1, 0.15) is 11.1 Å². The third kappa shape index (κ3) is 3.31. The number of halogens is 1. The quantitative estimate of drug-likeness (QED) is 0.890. The molecule has 98 valence electrons. The van der Waals surface area contributed by atoms with Gasteiger partial charge < -0.3 is 10.4 Å². The molecule has 0 aliphatic carbocycles. The zero-order valence-corrected chi connectivity index (χ0v) is 10.5. The molecule has 0 aliphatic heterocycles. The second-order valence-corrected chi connectivity index (χ2v) is 4.34. The van der Waals surface area contributed by atoms with Gasteiger partial charge in [0.25, 0.3) is 0 Å². The van der Waals surface area contributed by atoms with Gasteiger partial charge in [-0.25, -0.2) is 4.39 Å².